The van der Waals surface area contributed by atoms with E-state index in [0.717, 1.165) is 6.07 Å². The van der Waals surface area contributed by atoms with E-state index in [1.54, 1.807) is 12.3 Å². The molecule has 0 unspecified atom stereocenters. The third-order valence-corrected chi connectivity index (χ3v) is 5.02. The first kappa shape index (κ1) is 17.8. The Morgan fingerprint density at radius 3 is 2.85 bits per heavy atom. The lowest BCUT2D eigenvalue weighted by molar-refractivity contribution is -0.115. The Labute approximate surface area is 153 Å². The minimum Gasteiger partial charge on any atom is -0.386 e. The van der Waals surface area contributed by atoms with Gasteiger partial charge >= 0.3 is 0 Å². The molecule has 0 amide bonds. The van der Waals surface area contributed by atoms with Gasteiger partial charge in [-0.2, -0.15) is 0 Å². The maximum absolute atomic E-state index is 13.5. The summed E-state index contributed by atoms with van der Waals surface area (Å²) in [5.74, 6) is -0.251. The monoisotopic (exact) mass is 374 g/mol. The van der Waals surface area contributed by atoms with E-state index in [1.807, 2.05) is 0 Å². The first-order valence-corrected chi connectivity index (χ1v) is 8.37. The number of aliphatic hydroxyl groups excluding tert-OH is 2. The van der Waals surface area contributed by atoms with Crippen molar-refractivity contribution in [3.8, 4) is 0 Å². The van der Waals surface area contributed by atoms with Crippen LogP contribution in [-0.4, -0.2) is 47.7 Å². The van der Waals surface area contributed by atoms with Crippen molar-refractivity contribution in [2.75, 3.05) is 5.73 Å². The van der Waals surface area contributed by atoms with E-state index in [2.05, 4.69) is 9.97 Å². The lowest BCUT2D eigenvalue weighted by atomic mass is 9.88. The molecule has 142 valence electrons. The van der Waals surface area contributed by atoms with Crippen LogP contribution < -0.4 is 5.73 Å². The topological polar surface area (TPSA) is 127 Å². The molecule has 0 aliphatic carbocycles. The van der Waals surface area contributed by atoms with E-state index >= 15 is 0 Å². The quantitative estimate of drug-likeness (QED) is 0.536. The highest BCUT2D eigenvalue weighted by molar-refractivity contribution is 5.86. The number of rotatable bonds is 3. The van der Waals surface area contributed by atoms with Crippen LogP contribution in [0, 0.1) is 5.82 Å². The van der Waals surface area contributed by atoms with Crippen LogP contribution >= 0.6 is 0 Å². The van der Waals surface area contributed by atoms with Crippen LogP contribution in [0.2, 0.25) is 0 Å². The summed E-state index contributed by atoms with van der Waals surface area (Å²) in [6, 6.07) is 7.04. The highest BCUT2D eigenvalue weighted by Gasteiger charge is 2.55. The summed E-state index contributed by atoms with van der Waals surface area (Å²) in [7, 11) is 0. The van der Waals surface area contributed by atoms with Crippen LogP contribution in [0.3, 0.4) is 0 Å². The Kier molecular flexibility index (Phi) is 4.11. The van der Waals surface area contributed by atoms with Gasteiger partial charge in [-0.15, -0.1) is 0 Å². The summed E-state index contributed by atoms with van der Waals surface area (Å²) in [4.78, 5) is 8.07. The summed E-state index contributed by atoms with van der Waals surface area (Å²) in [6.07, 6.45) is -2.06. The van der Waals surface area contributed by atoms with Gasteiger partial charge in [-0.3, -0.25) is 0 Å². The molecule has 0 spiro atoms. The molecule has 27 heavy (non-hydrogen) atoms. The summed E-state index contributed by atoms with van der Waals surface area (Å²) >= 11 is 0. The predicted molar refractivity (Wildman–Crippen MR) is 93.8 cm³/mol. The first-order chi connectivity index (χ1) is 12.8. The van der Waals surface area contributed by atoms with Crippen molar-refractivity contribution in [3.63, 3.8) is 0 Å². The van der Waals surface area contributed by atoms with Crippen LogP contribution in [0.4, 0.5) is 10.2 Å². The van der Waals surface area contributed by atoms with Gasteiger partial charge in [0.2, 0.25) is 0 Å². The maximum atomic E-state index is 13.5. The van der Waals surface area contributed by atoms with Gasteiger partial charge in [-0.1, -0.05) is 12.1 Å². The average molecular weight is 374 g/mol. The normalized spacial score (nSPS) is 29.3. The van der Waals surface area contributed by atoms with E-state index in [9.17, 15) is 19.7 Å². The van der Waals surface area contributed by atoms with Crippen LogP contribution in [0.5, 0.6) is 0 Å². The molecule has 5 N–H and O–H groups in total. The molecule has 0 radical (unpaired) electrons. The highest BCUT2D eigenvalue weighted by atomic mass is 19.1. The van der Waals surface area contributed by atoms with E-state index in [0.29, 0.717) is 11.0 Å². The number of hydrogen-bond acceptors (Lipinski definition) is 7. The smallest absolute Gasteiger partial charge is 0.164 e. The molecule has 3 heterocycles. The number of ether oxygens (including phenoxy) is 1. The molecule has 1 aliphatic rings. The van der Waals surface area contributed by atoms with Crippen molar-refractivity contribution >= 4 is 16.9 Å². The van der Waals surface area contributed by atoms with Gasteiger partial charge in [0, 0.05) is 6.20 Å². The maximum Gasteiger partial charge on any atom is 0.164 e. The molecule has 0 saturated carbocycles. The molecule has 1 aliphatic heterocycles. The largest absolute Gasteiger partial charge is 0.386 e. The molecule has 9 heteroatoms. The molecule has 1 saturated heterocycles. The van der Waals surface area contributed by atoms with Crippen molar-refractivity contribution < 1.29 is 24.4 Å². The van der Waals surface area contributed by atoms with Crippen molar-refractivity contribution in [3.05, 3.63) is 54.2 Å². The fraction of sp³-hybridized carbons (Fsp3) is 0.333. The van der Waals surface area contributed by atoms with Crippen LogP contribution in [0.1, 0.15) is 24.8 Å². The second-order valence-corrected chi connectivity index (χ2v) is 6.84. The number of fused-ring (bicyclic) bond motifs is 1. The van der Waals surface area contributed by atoms with Gasteiger partial charge in [0.05, 0.1) is 5.39 Å². The molecule has 8 nitrogen and oxygen atoms in total. The van der Waals surface area contributed by atoms with Crippen LogP contribution in [0.15, 0.2) is 42.9 Å². The number of hydrogen-bond donors (Lipinski definition) is 4. The Morgan fingerprint density at radius 1 is 1.33 bits per heavy atom. The summed E-state index contributed by atoms with van der Waals surface area (Å²) in [5, 5.41) is 32.7. The third kappa shape index (κ3) is 2.76. The van der Waals surface area contributed by atoms with Gasteiger partial charge in [0.25, 0.3) is 0 Å². The molecular weight excluding hydrogens is 355 g/mol. The summed E-state index contributed by atoms with van der Waals surface area (Å²) in [5.41, 5.74) is 4.68. The zero-order valence-corrected chi connectivity index (χ0v) is 14.4. The van der Waals surface area contributed by atoms with E-state index in [1.165, 1.54) is 36.0 Å². The molecule has 3 aromatic rings. The lowest BCUT2D eigenvalue weighted by Crippen LogP contribution is -2.47. The number of aliphatic hydroxyl groups is 3. The second-order valence-electron chi connectivity index (χ2n) is 6.84. The molecular formula is C18H19FN4O4. The molecule has 0 bridgehead atoms. The Balaban J connectivity index is 1.71. The Morgan fingerprint density at radius 2 is 2.11 bits per heavy atom. The number of nitrogens with zero attached hydrogens (tertiary/aromatic N) is 3. The second kappa shape index (κ2) is 6.24. The zero-order valence-electron chi connectivity index (χ0n) is 14.4. The Hall–Kier alpha value is -2.59. The summed E-state index contributed by atoms with van der Waals surface area (Å²) in [6.45, 7) is 1.36. The van der Waals surface area contributed by atoms with Gasteiger partial charge in [0.1, 0.15) is 47.5 Å². The van der Waals surface area contributed by atoms with E-state index in [4.69, 9.17) is 10.5 Å². The predicted octanol–water partition coefficient (Wildman–Crippen LogP) is 0.895. The van der Waals surface area contributed by atoms with Crippen molar-refractivity contribution in [1.82, 2.24) is 14.5 Å². The molecule has 5 atom stereocenters. The first-order valence-electron chi connectivity index (χ1n) is 8.37. The number of aromatic nitrogens is 3. The molecule has 2 aromatic heterocycles. The number of halogens is 1. The minimum atomic E-state index is -1.80. The Bertz CT molecular complexity index is 992. The number of benzene rings is 1. The third-order valence-electron chi connectivity index (χ3n) is 5.02. The SMILES string of the molecule is C[C@@]1(O)[C@@H]([C@H](O)c2cccc(F)c2)O[C@@H](n2ccc3c(N)ncnc32)[C@@H]1O. The van der Waals surface area contributed by atoms with Crippen molar-refractivity contribution in [1.29, 1.82) is 0 Å². The van der Waals surface area contributed by atoms with Gasteiger partial charge in [-0.25, -0.2) is 14.4 Å². The van der Waals surface area contributed by atoms with E-state index in [-0.39, 0.29) is 11.4 Å². The molecule has 1 fully saturated rings. The fourth-order valence-electron chi connectivity index (χ4n) is 3.49. The number of nitrogens with two attached hydrogens (primary N) is 1. The highest BCUT2D eigenvalue weighted by Crippen LogP contribution is 2.43. The molecule has 4 rings (SSSR count). The minimum absolute atomic E-state index is 0.233. The standard InChI is InChI=1S/C18H19FN4O4/c1-18(26)13(25)17(23-6-5-11-15(20)21-8-22-16(11)23)27-14(18)12(24)9-3-2-4-10(19)7-9/h2-8,12-14,17,24-26H,1H3,(H2,20,21,22)/t12-,13+,14-,17-,18+/m1/s1. The number of anilines is 1. The number of nitrogen functional groups attached to an aromatic ring is 1. The van der Waals surface area contributed by atoms with Gasteiger partial charge < -0.3 is 30.4 Å². The van der Waals surface area contributed by atoms with Gasteiger partial charge in [0.15, 0.2) is 6.23 Å². The summed E-state index contributed by atoms with van der Waals surface area (Å²) < 4.78 is 20.8. The zero-order chi connectivity index (χ0) is 19.3. The average Bonchev–Trinajstić information content (AvgIpc) is 3.15. The van der Waals surface area contributed by atoms with E-state index < -0.39 is 36.0 Å². The molecule has 1 aromatic carbocycles. The van der Waals surface area contributed by atoms with Crippen LogP contribution in [0.25, 0.3) is 11.0 Å². The van der Waals surface area contributed by atoms with Crippen molar-refractivity contribution in [2.45, 2.75) is 37.1 Å². The van der Waals surface area contributed by atoms with Gasteiger partial charge in [-0.05, 0) is 30.7 Å². The lowest BCUT2D eigenvalue weighted by Gasteiger charge is -2.29. The van der Waals surface area contributed by atoms with Crippen LogP contribution in [-0.2, 0) is 4.74 Å². The van der Waals surface area contributed by atoms with Crippen molar-refractivity contribution in [2.24, 2.45) is 0 Å². The fourth-order valence-corrected chi connectivity index (χ4v) is 3.49.